The highest BCUT2D eigenvalue weighted by atomic mass is 16.1. The second-order valence-electron chi connectivity index (χ2n) is 2.00. The standard InChI is InChI=1S/C8H8NO/c1-2-7-3-4-9-8(5-7)6-10/h3-5H,2H2,1H3. The predicted molar refractivity (Wildman–Crippen MR) is 38.4 cm³/mol. The summed E-state index contributed by atoms with van der Waals surface area (Å²) in [6.07, 6.45) is 4.29. The van der Waals surface area contributed by atoms with Crippen molar-refractivity contribution in [2.45, 2.75) is 13.3 Å². The number of aryl methyl sites for hydroxylation is 1. The second kappa shape index (κ2) is 3.11. The zero-order chi connectivity index (χ0) is 7.40. The van der Waals surface area contributed by atoms with Crippen molar-refractivity contribution in [3.05, 3.63) is 29.6 Å². The van der Waals surface area contributed by atoms with Crippen molar-refractivity contribution in [2.75, 3.05) is 0 Å². The summed E-state index contributed by atoms with van der Waals surface area (Å²) < 4.78 is 0. The fourth-order valence-corrected chi connectivity index (χ4v) is 0.750. The topological polar surface area (TPSA) is 30.0 Å². The van der Waals surface area contributed by atoms with E-state index in [2.05, 4.69) is 4.98 Å². The van der Waals surface area contributed by atoms with Gasteiger partial charge in [-0.1, -0.05) is 6.92 Å². The molecule has 0 spiro atoms. The van der Waals surface area contributed by atoms with E-state index in [1.807, 2.05) is 13.0 Å². The smallest absolute Gasteiger partial charge is 0.253 e. The van der Waals surface area contributed by atoms with Gasteiger partial charge in [-0.05, 0) is 24.1 Å². The van der Waals surface area contributed by atoms with Crippen LogP contribution in [0.5, 0.6) is 0 Å². The van der Waals surface area contributed by atoms with Crippen LogP contribution in [0, 0.1) is 0 Å². The van der Waals surface area contributed by atoms with Crippen molar-refractivity contribution in [1.29, 1.82) is 0 Å². The van der Waals surface area contributed by atoms with Crippen molar-refractivity contribution < 1.29 is 4.79 Å². The van der Waals surface area contributed by atoms with Crippen molar-refractivity contribution in [3.63, 3.8) is 0 Å². The number of carbonyl (C=O) groups excluding carboxylic acids is 1. The minimum atomic E-state index is 0.388. The summed E-state index contributed by atoms with van der Waals surface area (Å²) in [5, 5.41) is 0. The van der Waals surface area contributed by atoms with E-state index >= 15 is 0 Å². The lowest BCUT2D eigenvalue weighted by molar-refractivity contribution is 0.561. The molecule has 1 radical (unpaired) electrons. The molecule has 0 saturated carbocycles. The van der Waals surface area contributed by atoms with Crippen molar-refractivity contribution in [1.82, 2.24) is 4.98 Å². The van der Waals surface area contributed by atoms with Crippen molar-refractivity contribution in [2.24, 2.45) is 0 Å². The molecule has 0 unspecified atom stereocenters. The van der Waals surface area contributed by atoms with Crippen LogP contribution in [-0.4, -0.2) is 11.3 Å². The Bertz CT molecular complexity index is 232. The molecule has 2 heteroatoms. The van der Waals surface area contributed by atoms with Gasteiger partial charge in [-0.3, -0.25) is 9.78 Å². The molecule has 0 aliphatic heterocycles. The average molecular weight is 134 g/mol. The molecule has 0 amide bonds. The lowest BCUT2D eigenvalue weighted by Gasteiger charge is -1.93. The van der Waals surface area contributed by atoms with E-state index in [9.17, 15) is 4.79 Å². The van der Waals surface area contributed by atoms with Gasteiger partial charge in [0.05, 0.1) is 0 Å². The highest BCUT2D eigenvalue weighted by Gasteiger charge is 1.92. The summed E-state index contributed by atoms with van der Waals surface area (Å²) in [6.45, 7) is 2.03. The van der Waals surface area contributed by atoms with Crippen LogP contribution in [0.3, 0.4) is 0 Å². The third-order valence-electron chi connectivity index (χ3n) is 1.34. The van der Waals surface area contributed by atoms with Gasteiger partial charge >= 0.3 is 0 Å². The van der Waals surface area contributed by atoms with E-state index in [1.165, 1.54) is 0 Å². The first-order valence-corrected chi connectivity index (χ1v) is 3.20. The molecule has 1 heterocycles. The number of hydrogen-bond acceptors (Lipinski definition) is 2. The van der Waals surface area contributed by atoms with Crippen LogP contribution in [0.1, 0.15) is 18.2 Å². The number of aromatic nitrogens is 1. The molecule has 0 aromatic carbocycles. The first-order chi connectivity index (χ1) is 4.86. The zero-order valence-electron chi connectivity index (χ0n) is 5.79. The van der Waals surface area contributed by atoms with E-state index < -0.39 is 0 Å². The maximum atomic E-state index is 10.1. The van der Waals surface area contributed by atoms with Crippen LogP contribution in [0.15, 0.2) is 18.3 Å². The van der Waals surface area contributed by atoms with Gasteiger partial charge < -0.3 is 0 Å². The van der Waals surface area contributed by atoms with Crippen LogP contribution in [0.25, 0.3) is 0 Å². The van der Waals surface area contributed by atoms with E-state index in [0.717, 1.165) is 12.0 Å². The predicted octanol–water partition coefficient (Wildman–Crippen LogP) is 1.10. The fraction of sp³-hybridized carbons (Fsp3) is 0.250. The number of pyridine rings is 1. The molecule has 0 N–H and O–H groups in total. The van der Waals surface area contributed by atoms with Crippen molar-refractivity contribution in [3.8, 4) is 0 Å². The molecule has 2 nitrogen and oxygen atoms in total. The Morgan fingerprint density at radius 3 is 3.10 bits per heavy atom. The second-order valence-corrected chi connectivity index (χ2v) is 2.00. The third-order valence-corrected chi connectivity index (χ3v) is 1.34. The summed E-state index contributed by atoms with van der Waals surface area (Å²) in [6, 6.07) is 3.63. The largest absolute Gasteiger partial charge is 0.283 e. The molecule has 0 aliphatic carbocycles. The summed E-state index contributed by atoms with van der Waals surface area (Å²) in [5.41, 5.74) is 1.51. The molecule has 10 heavy (non-hydrogen) atoms. The Morgan fingerprint density at radius 1 is 1.70 bits per heavy atom. The van der Waals surface area contributed by atoms with Gasteiger partial charge in [-0.2, -0.15) is 0 Å². The lowest BCUT2D eigenvalue weighted by atomic mass is 10.2. The monoisotopic (exact) mass is 134 g/mol. The van der Waals surface area contributed by atoms with Crippen LogP contribution in [0.2, 0.25) is 0 Å². The Kier molecular flexibility index (Phi) is 2.15. The maximum absolute atomic E-state index is 10.1. The lowest BCUT2D eigenvalue weighted by Crippen LogP contribution is -1.88. The minimum Gasteiger partial charge on any atom is -0.283 e. The summed E-state index contributed by atoms with van der Waals surface area (Å²) in [5.74, 6) is 0. The van der Waals surface area contributed by atoms with Crippen LogP contribution in [-0.2, 0) is 11.2 Å². The van der Waals surface area contributed by atoms with Gasteiger partial charge in [0.1, 0.15) is 5.69 Å². The van der Waals surface area contributed by atoms with Gasteiger partial charge in [0.25, 0.3) is 6.29 Å². The quantitative estimate of drug-likeness (QED) is 0.606. The number of nitrogens with zero attached hydrogens (tertiary/aromatic N) is 1. The molecule has 0 saturated heterocycles. The maximum Gasteiger partial charge on any atom is 0.253 e. The molecule has 0 bridgehead atoms. The van der Waals surface area contributed by atoms with Gasteiger partial charge in [-0.15, -0.1) is 0 Å². The third kappa shape index (κ3) is 1.41. The molecule has 0 fully saturated rings. The molecule has 1 aromatic heterocycles. The minimum absolute atomic E-state index is 0.388. The SMILES string of the molecule is CCc1ccnc([C]=O)c1. The van der Waals surface area contributed by atoms with E-state index in [-0.39, 0.29) is 0 Å². The van der Waals surface area contributed by atoms with E-state index in [0.29, 0.717) is 5.69 Å². The van der Waals surface area contributed by atoms with E-state index in [1.54, 1.807) is 18.5 Å². The molecule has 0 aliphatic rings. The van der Waals surface area contributed by atoms with Crippen LogP contribution < -0.4 is 0 Å². The Hall–Kier alpha value is -1.18. The zero-order valence-corrected chi connectivity index (χ0v) is 5.79. The van der Waals surface area contributed by atoms with Crippen molar-refractivity contribution >= 4 is 6.29 Å². The Morgan fingerprint density at radius 2 is 2.50 bits per heavy atom. The van der Waals surface area contributed by atoms with Crippen LogP contribution >= 0.6 is 0 Å². The van der Waals surface area contributed by atoms with Gasteiger partial charge in [0, 0.05) is 6.20 Å². The number of rotatable bonds is 2. The summed E-state index contributed by atoms with van der Waals surface area (Å²) in [4.78, 5) is 13.9. The highest BCUT2D eigenvalue weighted by Crippen LogP contribution is 1.99. The molecular formula is C8H8NO. The first kappa shape index (κ1) is 6.93. The summed E-state index contributed by atoms with van der Waals surface area (Å²) in [7, 11) is 0. The number of hydrogen-bond donors (Lipinski definition) is 0. The summed E-state index contributed by atoms with van der Waals surface area (Å²) >= 11 is 0. The molecule has 1 aromatic rings. The Labute approximate surface area is 59.9 Å². The first-order valence-electron chi connectivity index (χ1n) is 3.20. The average Bonchev–Trinajstić information content (AvgIpc) is 2.05. The van der Waals surface area contributed by atoms with Gasteiger partial charge in [-0.25, -0.2) is 0 Å². The normalized spacial score (nSPS) is 9.30. The highest BCUT2D eigenvalue weighted by molar-refractivity contribution is 5.72. The van der Waals surface area contributed by atoms with E-state index in [4.69, 9.17) is 0 Å². The van der Waals surface area contributed by atoms with Gasteiger partial charge in [0.15, 0.2) is 0 Å². The molecule has 51 valence electrons. The molecule has 1 rings (SSSR count). The molecular weight excluding hydrogens is 126 g/mol. The van der Waals surface area contributed by atoms with Crippen LogP contribution in [0.4, 0.5) is 0 Å². The van der Waals surface area contributed by atoms with Gasteiger partial charge in [0.2, 0.25) is 0 Å². The Balaban J connectivity index is 2.98. The fourth-order valence-electron chi connectivity index (χ4n) is 0.750. The molecule has 0 atom stereocenters.